The number of amides is 1. The Morgan fingerprint density at radius 2 is 1.75 bits per heavy atom. The summed E-state index contributed by atoms with van der Waals surface area (Å²) in [4.78, 5) is 27.3. The van der Waals surface area contributed by atoms with Crippen LogP contribution in [0.4, 0.5) is 5.69 Å². The Bertz CT molecular complexity index is 1240. The number of hydrogen-bond donors (Lipinski definition) is 1. The number of hydrogen-bond acceptors (Lipinski definition) is 4. The lowest BCUT2D eigenvalue weighted by Gasteiger charge is -2.12. The van der Waals surface area contributed by atoms with E-state index in [1.54, 1.807) is 29.3 Å². The molecule has 142 valence electrons. The van der Waals surface area contributed by atoms with Crippen LogP contribution in [0.5, 0.6) is 0 Å². The molecule has 0 fully saturated rings. The van der Waals surface area contributed by atoms with Crippen molar-refractivity contribution in [3.05, 3.63) is 74.3 Å². The largest absolute Gasteiger partial charge is 0.328 e. The van der Waals surface area contributed by atoms with Crippen LogP contribution >= 0.6 is 34.7 Å². The van der Waals surface area contributed by atoms with E-state index in [0.29, 0.717) is 15.6 Å². The zero-order chi connectivity index (χ0) is 19.8. The molecule has 1 amide bonds. The van der Waals surface area contributed by atoms with Crippen molar-refractivity contribution in [2.24, 2.45) is 14.1 Å². The van der Waals surface area contributed by atoms with Crippen molar-refractivity contribution in [2.45, 2.75) is 9.79 Å². The standard InChI is InChI=1S/C20H16ClN3O2S2/c1-23-14-10-13(22-19(25)17-8-5-9-27-17)18(11-15(14)24(2)20(23)26)28-16-7-4-3-6-12(16)21/h3-11H,1-2H3,(H,22,25). The summed E-state index contributed by atoms with van der Waals surface area (Å²) in [6.07, 6.45) is 0. The van der Waals surface area contributed by atoms with Crippen LogP contribution in [-0.4, -0.2) is 15.0 Å². The van der Waals surface area contributed by atoms with Crippen molar-refractivity contribution in [3.63, 3.8) is 0 Å². The molecule has 0 unspecified atom stereocenters. The first-order valence-corrected chi connectivity index (χ1v) is 10.5. The second-order valence-corrected chi connectivity index (χ2v) is 8.64. The summed E-state index contributed by atoms with van der Waals surface area (Å²) < 4.78 is 3.16. The second-order valence-electron chi connectivity index (χ2n) is 6.20. The number of imidazole rings is 1. The minimum Gasteiger partial charge on any atom is -0.320 e. The van der Waals surface area contributed by atoms with Crippen LogP contribution in [0.3, 0.4) is 0 Å². The molecule has 4 aromatic rings. The van der Waals surface area contributed by atoms with Crippen molar-refractivity contribution in [3.8, 4) is 0 Å². The molecule has 2 heterocycles. The van der Waals surface area contributed by atoms with Crippen LogP contribution in [0.2, 0.25) is 5.02 Å². The van der Waals surface area contributed by atoms with Crippen LogP contribution in [0, 0.1) is 0 Å². The number of nitrogens with zero attached hydrogens (tertiary/aromatic N) is 2. The summed E-state index contributed by atoms with van der Waals surface area (Å²) >= 11 is 9.15. The van der Waals surface area contributed by atoms with Crippen molar-refractivity contribution in [2.75, 3.05) is 5.32 Å². The fraction of sp³-hybridized carbons (Fsp3) is 0.100. The molecule has 0 aliphatic rings. The molecule has 0 atom stereocenters. The van der Waals surface area contributed by atoms with Crippen LogP contribution in [0.25, 0.3) is 11.0 Å². The molecule has 0 aliphatic heterocycles. The maximum Gasteiger partial charge on any atom is 0.328 e. The predicted octanol–water partition coefficient (Wildman–Crippen LogP) is 5.00. The minimum absolute atomic E-state index is 0.120. The predicted molar refractivity (Wildman–Crippen MR) is 116 cm³/mol. The second kappa shape index (κ2) is 7.50. The van der Waals surface area contributed by atoms with Crippen LogP contribution in [-0.2, 0) is 14.1 Å². The molecule has 0 radical (unpaired) electrons. The fourth-order valence-electron chi connectivity index (χ4n) is 2.95. The fourth-order valence-corrected chi connectivity index (χ4v) is 4.76. The first-order valence-electron chi connectivity index (χ1n) is 8.42. The number of anilines is 1. The van der Waals surface area contributed by atoms with Gasteiger partial charge in [-0.1, -0.05) is 41.6 Å². The van der Waals surface area contributed by atoms with Crippen molar-refractivity contribution in [1.82, 2.24) is 9.13 Å². The number of benzene rings is 2. The molecule has 1 N–H and O–H groups in total. The molecule has 0 spiro atoms. The first-order chi connectivity index (χ1) is 13.5. The van der Waals surface area contributed by atoms with Crippen LogP contribution in [0.1, 0.15) is 9.67 Å². The Hall–Kier alpha value is -2.48. The highest BCUT2D eigenvalue weighted by atomic mass is 35.5. The summed E-state index contributed by atoms with van der Waals surface area (Å²) in [6.45, 7) is 0. The van der Waals surface area contributed by atoms with Crippen molar-refractivity contribution < 1.29 is 4.79 Å². The van der Waals surface area contributed by atoms with Gasteiger partial charge in [-0.05, 0) is 35.7 Å². The SMILES string of the molecule is Cn1c(=O)n(C)c2cc(Sc3ccccc3Cl)c(NC(=O)c3cccs3)cc21. The van der Waals surface area contributed by atoms with Gasteiger partial charge in [0.25, 0.3) is 5.91 Å². The highest BCUT2D eigenvalue weighted by Gasteiger charge is 2.17. The number of carbonyl (C=O) groups excluding carboxylic acids is 1. The van der Waals surface area contributed by atoms with Gasteiger partial charge in [0.2, 0.25) is 0 Å². The van der Waals surface area contributed by atoms with E-state index in [4.69, 9.17) is 11.6 Å². The number of fused-ring (bicyclic) bond motifs is 1. The third-order valence-corrected chi connectivity index (χ3v) is 6.87. The van der Waals surface area contributed by atoms with E-state index in [1.165, 1.54) is 23.1 Å². The van der Waals surface area contributed by atoms with Gasteiger partial charge >= 0.3 is 5.69 Å². The van der Waals surface area contributed by atoms with E-state index in [0.717, 1.165) is 20.8 Å². The topological polar surface area (TPSA) is 56.0 Å². The molecule has 8 heteroatoms. The number of halogens is 1. The van der Waals surface area contributed by atoms with Crippen molar-refractivity contribution in [1.29, 1.82) is 0 Å². The molecular weight excluding hydrogens is 414 g/mol. The highest BCUT2D eigenvalue weighted by Crippen LogP contribution is 2.39. The van der Waals surface area contributed by atoms with E-state index < -0.39 is 0 Å². The monoisotopic (exact) mass is 429 g/mol. The van der Waals surface area contributed by atoms with Crippen LogP contribution < -0.4 is 11.0 Å². The van der Waals surface area contributed by atoms with Gasteiger partial charge in [0.05, 0.1) is 26.6 Å². The molecule has 28 heavy (non-hydrogen) atoms. The molecule has 2 aromatic heterocycles. The zero-order valence-corrected chi connectivity index (χ0v) is 17.5. The third-order valence-electron chi connectivity index (χ3n) is 4.42. The van der Waals surface area contributed by atoms with E-state index in [9.17, 15) is 9.59 Å². The Kier molecular flexibility index (Phi) is 5.05. The normalized spacial score (nSPS) is 11.1. The molecular formula is C20H16ClN3O2S2. The van der Waals surface area contributed by atoms with Gasteiger partial charge in [0.15, 0.2) is 0 Å². The quantitative estimate of drug-likeness (QED) is 0.497. The average molecular weight is 430 g/mol. The maximum atomic E-state index is 12.6. The summed E-state index contributed by atoms with van der Waals surface area (Å²) in [7, 11) is 3.45. The molecule has 0 aliphatic carbocycles. The number of nitrogens with one attached hydrogen (secondary N) is 1. The van der Waals surface area contributed by atoms with Gasteiger partial charge in [0, 0.05) is 23.9 Å². The lowest BCUT2D eigenvalue weighted by atomic mass is 10.2. The van der Waals surface area contributed by atoms with E-state index in [1.807, 2.05) is 47.8 Å². The van der Waals surface area contributed by atoms with E-state index in [-0.39, 0.29) is 11.6 Å². The summed E-state index contributed by atoms with van der Waals surface area (Å²) in [6, 6.07) is 14.9. The number of rotatable bonds is 4. The number of aryl methyl sites for hydroxylation is 2. The number of thiophene rings is 1. The summed E-state index contributed by atoms with van der Waals surface area (Å²) in [5.41, 5.74) is 2.05. The van der Waals surface area contributed by atoms with Gasteiger partial charge in [-0.25, -0.2) is 4.79 Å². The minimum atomic E-state index is -0.184. The third kappa shape index (κ3) is 3.37. The Labute approximate surface area is 174 Å². The van der Waals surface area contributed by atoms with Gasteiger partial charge in [-0.15, -0.1) is 11.3 Å². The number of aromatic nitrogens is 2. The van der Waals surface area contributed by atoms with Gasteiger partial charge < -0.3 is 5.32 Å². The zero-order valence-electron chi connectivity index (χ0n) is 15.1. The smallest absolute Gasteiger partial charge is 0.320 e. The average Bonchev–Trinajstić information content (AvgIpc) is 3.29. The molecule has 4 rings (SSSR count). The Morgan fingerprint density at radius 1 is 1.04 bits per heavy atom. The lowest BCUT2D eigenvalue weighted by Crippen LogP contribution is -2.19. The van der Waals surface area contributed by atoms with Gasteiger partial charge in [-0.3, -0.25) is 13.9 Å². The maximum absolute atomic E-state index is 12.6. The highest BCUT2D eigenvalue weighted by molar-refractivity contribution is 7.99. The Balaban J connectivity index is 1.85. The van der Waals surface area contributed by atoms with Crippen LogP contribution in [0.15, 0.2) is 68.5 Å². The van der Waals surface area contributed by atoms with Gasteiger partial charge in [0.1, 0.15) is 0 Å². The summed E-state index contributed by atoms with van der Waals surface area (Å²) in [5.74, 6) is -0.184. The van der Waals surface area contributed by atoms with Crippen molar-refractivity contribution >= 4 is 57.3 Å². The number of carbonyl (C=O) groups is 1. The van der Waals surface area contributed by atoms with Gasteiger partial charge in [-0.2, -0.15) is 0 Å². The molecule has 0 saturated carbocycles. The molecule has 5 nitrogen and oxygen atoms in total. The first kappa shape index (κ1) is 18.9. The molecule has 0 bridgehead atoms. The lowest BCUT2D eigenvalue weighted by molar-refractivity contribution is 0.103. The summed E-state index contributed by atoms with van der Waals surface area (Å²) in [5, 5.41) is 5.47. The van der Waals surface area contributed by atoms with E-state index >= 15 is 0 Å². The van der Waals surface area contributed by atoms with E-state index in [2.05, 4.69) is 5.32 Å². The molecule has 0 saturated heterocycles. The Morgan fingerprint density at radius 3 is 2.43 bits per heavy atom. The molecule has 2 aromatic carbocycles.